The van der Waals surface area contributed by atoms with Crippen LogP contribution in [0.15, 0.2) is 22.8 Å². The molecule has 0 aromatic carbocycles. The van der Waals surface area contributed by atoms with E-state index in [1.807, 2.05) is 6.07 Å². The highest BCUT2D eigenvalue weighted by atomic mass is 16.3. The normalized spacial score (nSPS) is 28.8. The van der Waals surface area contributed by atoms with Crippen molar-refractivity contribution >= 4 is 0 Å². The van der Waals surface area contributed by atoms with Crippen molar-refractivity contribution in [2.75, 3.05) is 6.54 Å². The van der Waals surface area contributed by atoms with Crippen LogP contribution in [0.2, 0.25) is 0 Å². The molecule has 3 nitrogen and oxygen atoms in total. The standard InChI is InChI=1S/C15H24N2O/c16-13-5-3-12(4-6-13)10-17(14-7-8-14)11-15-2-1-9-18-15/h1-2,9,12-14H,3-8,10-11,16H2. The van der Waals surface area contributed by atoms with Gasteiger partial charge in [0.2, 0.25) is 0 Å². The number of nitrogens with two attached hydrogens (primary N) is 1. The van der Waals surface area contributed by atoms with Crippen LogP contribution in [-0.4, -0.2) is 23.5 Å². The van der Waals surface area contributed by atoms with Gasteiger partial charge in [-0.1, -0.05) is 0 Å². The van der Waals surface area contributed by atoms with Gasteiger partial charge in [0, 0.05) is 18.6 Å². The van der Waals surface area contributed by atoms with E-state index in [2.05, 4.69) is 11.0 Å². The quantitative estimate of drug-likeness (QED) is 0.871. The van der Waals surface area contributed by atoms with Gasteiger partial charge in [-0.15, -0.1) is 0 Å². The third-order valence-electron chi connectivity index (χ3n) is 4.39. The minimum absolute atomic E-state index is 0.459. The smallest absolute Gasteiger partial charge is 0.117 e. The van der Waals surface area contributed by atoms with Gasteiger partial charge >= 0.3 is 0 Å². The highest BCUT2D eigenvalue weighted by Crippen LogP contribution is 2.32. The molecule has 0 aliphatic heterocycles. The summed E-state index contributed by atoms with van der Waals surface area (Å²) >= 11 is 0. The van der Waals surface area contributed by atoms with Crippen LogP contribution < -0.4 is 5.73 Å². The van der Waals surface area contributed by atoms with Crippen molar-refractivity contribution in [3.63, 3.8) is 0 Å². The number of hydrogen-bond donors (Lipinski definition) is 1. The van der Waals surface area contributed by atoms with E-state index in [1.165, 1.54) is 45.1 Å². The SMILES string of the molecule is NC1CCC(CN(Cc2ccco2)C2CC2)CC1. The van der Waals surface area contributed by atoms with Crippen LogP contribution in [0.3, 0.4) is 0 Å². The van der Waals surface area contributed by atoms with Gasteiger partial charge in [-0.25, -0.2) is 0 Å². The molecule has 18 heavy (non-hydrogen) atoms. The molecule has 0 spiro atoms. The highest BCUT2D eigenvalue weighted by Gasteiger charge is 2.31. The summed E-state index contributed by atoms with van der Waals surface area (Å²) in [6.07, 6.45) is 9.55. The van der Waals surface area contributed by atoms with Crippen LogP contribution in [0, 0.1) is 5.92 Å². The second kappa shape index (κ2) is 5.45. The van der Waals surface area contributed by atoms with Crippen molar-refractivity contribution in [1.82, 2.24) is 4.90 Å². The van der Waals surface area contributed by atoms with Crippen molar-refractivity contribution < 1.29 is 4.42 Å². The van der Waals surface area contributed by atoms with Gasteiger partial charge in [0.15, 0.2) is 0 Å². The van der Waals surface area contributed by atoms with Crippen molar-refractivity contribution in [3.05, 3.63) is 24.2 Å². The number of hydrogen-bond acceptors (Lipinski definition) is 3. The largest absolute Gasteiger partial charge is 0.468 e. The molecule has 1 aromatic heterocycles. The third kappa shape index (κ3) is 3.15. The lowest BCUT2D eigenvalue weighted by Gasteiger charge is -2.31. The summed E-state index contributed by atoms with van der Waals surface area (Å²) in [4.78, 5) is 2.63. The minimum Gasteiger partial charge on any atom is -0.468 e. The Morgan fingerprint density at radius 1 is 1.17 bits per heavy atom. The van der Waals surface area contributed by atoms with Gasteiger partial charge in [-0.05, 0) is 56.6 Å². The Morgan fingerprint density at radius 3 is 2.56 bits per heavy atom. The lowest BCUT2D eigenvalue weighted by atomic mass is 9.86. The Balaban J connectivity index is 1.54. The van der Waals surface area contributed by atoms with Crippen LogP contribution in [0.25, 0.3) is 0 Å². The molecule has 0 radical (unpaired) electrons. The monoisotopic (exact) mass is 248 g/mol. The van der Waals surface area contributed by atoms with E-state index >= 15 is 0 Å². The van der Waals surface area contributed by atoms with Gasteiger partial charge in [-0.3, -0.25) is 4.90 Å². The maximum Gasteiger partial charge on any atom is 0.117 e. The molecule has 2 aliphatic carbocycles. The van der Waals surface area contributed by atoms with E-state index in [0.717, 1.165) is 24.3 Å². The lowest BCUT2D eigenvalue weighted by molar-refractivity contribution is 0.170. The number of furan rings is 1. The summed E-state index contributed by atoms with van der Waals surface area (Å²) in [5.41, 5.74) is 5.98. The predicted octanol–water partition coefficient (Wildman–Crippen LogP) is 2.76. The summed E-state index contributed by atoms with van der Waals surface area (Å²) in [6, 6.07) is 5.35. The first kappa shape index (κ1) is 12.2. The first-order chi connectivity index (χ1) is 8.81. The Hall–Kier alpha value is -0.800. The van der Waals surface area contributed by atoms with Crippen LogP contribution >= 0.6 is 0 Å². The fourth-order valence-corrected chi connectivity index (χ4v) is 3.09. The van der Waals surface area contributed by atoms with Crippen molar-refractivity contribution in [3.8, 4) is 0 Å². The van der Waals surface area contributed by atoms with Crippen LogP contribution in [0.5, 0.6) is 0 Å². The summed E-state index contributed by atoms with van der Waals surface area (Å²) < 4.78 is 5.49. The van der Waals surface area contributed by atoms with Gasteiger partial charge in [0.1, 0.15) is 5.76 Å². The molecule has 0 unspecified atom stereocenters. The molecule has 0 amide bonds. The molecule has 0 atom stereocenters. The number of nitrogens with zero attached hydrogens (tertiary/aromatic N) is 1. The van der Waals surface area contributed by atoms with E-state index in [4.69, 9.17) is 10.2 Å². The molecule has 1 aromatic rings. The number of rotatable bonds is 5. The van der Waals surface area contributed by atoms with E-state index in [0.29, 0.717) is 6.04 Å². The zero-order chi connectivity index (χ0) is 12.4. The van der Waals surface area contributed by atoms with E-state index in [9.17, 15) is 0 Å². The molecular weight excluding hydrogens is 224 g/mol. The highest BCUT2D eigenvalue weighted by molar-refractivity contribution is 5.00. The van der Waals surface area contributed by atoms with Gasteiger partial charge in [-0.2, -0.15) is 0 Å². The first-order valence-corrected chi connectivity index (χ1v) is 7.33. The summed E-state index contributed by atoms with van der Waals surface area (Å²) in [7, 11) is 0. The molecule has 2 fully saturated rings. The predicted molar refractivity (Wildman–Crippen MR) is 72.1 cm³/mol. The van der Waals surface area contributed by atoms with Crippen LogP contribution in [0.4, 0.5) is 0 Å². The van der Waals surface area contributed by atoms with Crippen molar-refractivity contribution in [2.45, 2.75) is 57.2 Å². The third-order valence-corrected chi connectivity index (χ3v) is 4.39. The molecule has 2 N–H and O–H groups in total. The Labute approximate surface area is 109 Å². The Kier molecular flexibility index (Phi) is 3.71. The zero-order valence-corrected chi connectivity index (χ0v) is 11.1. The summed E-state index contributed by atoms with van der Waals surface area (Å²) in [5.74, 6) is 1.95. The second-order valence-electron chi connectivity index (χ2n) is 6.02. The van der Waals surface area contributed by atoms with Crippen LogP contribution in [0.1, 0.15) is 44.3 Å². The van der Waals surface area contributed by atoms with Crippen molar-refractivity contribution in [2.24, 2.45) is 11.7 Å². The molecule has 1 heterocycles. The molecule has 0 saturated heterocycles. The van der Waals surface area contributed by atoms with E-state index in [1.54, 1.807) is 6.26 Å². The molecule has 0 bridgehead atoms. The first-order valence-electron chi connectivity index (χ1n) is 7.33. The molecule has 3 rings (SSSR count). The van der Waals surface area contributed by atoms with Crippen LogP contribution in [-0.2, 0) is 6.54 Å². The minimum atomic E-state index is 0.459. The molecule has 100 valence electrons. The molecule has 2 aliphatic rings. The lowest BCUT2D eigenvalue weighted by Crippen LogP contribution is -2.35. The van der Waals surface area contributed by atoms with E-state index < -0.39 is 0 Å². The average molecular weight is 248 g/mol. The average Bonchev–Trinajstić information content (AvgIpc) is 3.10. The summed E-state index contributed by atoms with van der Waals surface area (Å²) in [6.45, 7) is 2.22. The maximum absolute atomic E-state index is 5.98. The van der Waals surface area contributed by atoms with E-state index in [-0.39, 0.29) is 0 Å². The topological polar surface area (TPSA) is 42.4 Å². The van der Waals surface area contributed by atoms with Gasteiger partial charge in [0.05, 0.1) is 12.8 Å². The fraction of sp³-hybridized carbons (Fsp3) is 0.733. The molecular formula is C15H24N2O. The van der Waals surface area contributed by atoms with Gasteiger partial charge in [0.25, 0.3) is 0 Å². The Bertz CT molecular complexity index is 351. The molecule has 2 saturated carbocycles. The summed E-state index contributed by atoms with van der Waals surface area (Å²) in [5, 5.41) is 0. The zero-order valence-electron chi connectivity index (χ0n) is 11.1. The maximum atomic E-state index is 5.98. The molecule has 3 heteroatoms. The van der Waals surface area contributed by atoms with Crippen molar-refractivity contribution in [1.29, 1.82) is 0 Å². The fourth-order valence-electron chi connectivity index (χ4n) is 3.09. The second-order valence-corrected chi connectivity index (χ2v) is 6.02. The van der Waals surface area contributed by atoms with Gasteiger partial charge < -0.3 is 10.2 Å². The Morgan fingerprint density at radius 2 is 1.94 bits per heavy atom.